The molecule has 0 fully saturated rings. The molecule has 0 amide bonds. The van der Waals surface area contributed by atoms with Crippen molar-refractivity contribution in [1.82, 2.24) is 5.53 Å². The molecule has 0 saturated carbocycles. The van der Waals surface area contributed by atoms with E-state index in [1.54, 1.807) is 7.11 Å². The molecule has 3 aromatic carbocycles. The number of hydrazone groups is 1. The summed E-state index contributed by atoms with van der Waals surface area (Å²) >= 11 is 0. The van der Waals surface area contributed by atoms with Gasteiger partial charge in [-0.1, -0.05) is 36.4 Å². The van der Waals surface area contributed by atoms with E-state index in [0.717, 1.165) is 28.5 Å². The van der Waals surface area contributed by atoms with E-state index < -0.39 is 0 Å². The standard InChI is InChI=1S/C20H18N4O.ClH/c1-25-19-14-12-16(13-15-19)20-21-22-24(18-10-6-3-7-11-18)23(20)17-8-4-2-5-9-17;/h2-15,22H,1H3;1H. The van der Waals surface area contributed by atoms with E-state index in [9.17, 15) is 0 Å². The molecule has 1 aliphatic rings. The molecule has 0 aliphatic carbocycles. The van der Waals surface area contributed by atoms with Crippen molar-refractivity contribution < 1.29 is 4.74 Å². The molecule has 1 N–H and O–H groups in total. The number of amidine groups is 1. The highest BCUT2D eigenvalue weighted by Crippen LogP contribution is 2.27. The summed E-state index contributed by atoms with van der Waals surface area (Å²) in [5.74, 6) is 1.64. The zero-order valence-corrected chi connectivity index (χ0v) is 15.1. The van der Waals surface area contributed by atoms with Crippen molar-refractivity contribution in [2.24, 2.45) is 5.10 Å². The molecule has 0 saturated heterocycles. The smallest absolute Gasteiger partial charge is 0.182 e. The van der Waals surface area contributed by atoms with Crippen LogP contribution in [0.3, 0.4) is 0 Å². The van der Waals surface area contributed by atoms with Crippen LogP contribution in [0.1, 0.15) is 5.56 Å². The quantitative estimate of drug-likeness (QED) is 0.750. The van der Waals surface area contributed by atoms with Gasteiger partial charge in [-0.25, -0.2) is 5.01 Å². The minimum Gasteiger partial charge on any atom is -0.497 e. The van der Waals surface area contributed by atoms with Gasteiger partial charge in [0.05, 0.1) is 18.5 Å². The van der Waals surface area contributed by atoms with Crippen LogP contribution in [0, 0.1) is 0 Å². The lowest BCUT2D eigenvalue weighted by molar-refractivity contribution is 0.415. The lowest BCUT2D eigenvalue weighted by Crippen LogP contribution is -2.46. The molecule has 3 aromatic rings. The Labute approximate surface area is 158 Å². The van der Waals surface area contributed by atoms with E-state index >= 15 is 0 Å². The normalized spacial score (nSPS) is 12.9. The number of nitrogens with one attached hydrogen (secondary N) is 1. The predicted molar refractivity (Wildman–Crippen MR) is 108 cm³/mol. The van der Waals surface area contributed by atoms with E-state index in [1.165, 1.54) is 0 Å². The van der Waals surface area contributed by atoms with Crippen LogP contribution in [-0.2, 0) is 0 Å². The maximum Gasteiger partial charge on any atom is 0.182 e. The van der Waals surface area contributed by atoms with Crippen LogP contribution in [-0.4, -0.2) is 12.9 Å². The molecule has 1 aliphatic heterocycles. The van der Waals surface area contributed by atoms with Gasteiger partial charge in [-0.2, -0.15) is 10.7 Å². The fraction of sp³-hybridized carbons (Fsp3) is 0.0500. The Morgan fingerprint density at radius 3 is 1.92 bits per heavy atom. The Morgan fingerprint density at radius 2 is 1.35 bits per heavy atom. The Morgan fingerprint density at radius 1 is 0.769 bits per heavy atom. The first kappa shape index (κ1) is 17.6. The molecule has 0 spiro atoms. The molecule has 6 heteroatoms. The first-order chi connectivity index (χ1) is 12.4. The van der Waals surface area contributed by atoms with Gasteiger partial charge < -0.3 is 4.74 Å². The van der Waals surface area contributed by atoms with Crippen LogP contribution in [0.15, 0.2) is 90.0 Å². The van der Waals surface area contributed by atoms with Gasteiger partial charge in [0.1, 0.15) is 5.75 Å². The molecule has 26 heavy (non-hydrogen) atoms. The van der Waals surface area contributed by atoms with Crippen LogP contribution in [0.4, 0.5) is 11.4 Å². The highest BCUT2D eigenvalue weighted by Gasteiger charge is 2.28. The van der Waals surface area contributed by atoms with Gasteiger partial charge in [0.25, 0.3) is 0 Å². The van der Waals surface area contributed by atoms with Crippen LogP contribution < -0.4 is 20.4 Å². The number of benzene rings is 3. The molecule has 132 valence electrons. The number of hydrazine groups is 2. The van der Waals surface area contributed by atoms with Crippen molar-refractivity contribution in [2.75, 3.05) is 17.2 Å². The lowest BCUT2D eigenvalue weighted by atomic mass is 10.2. The number of anilines is 2. The maximum atomic E-state index is 5.25. The lowest BCUT2D eigenvalue weighted by Gasteiger charge is -2.30. The number of ether oxygens (including phenoxy) is 1. The SMILES string of the molecule is COc1ccc(C2=NNN(c3ccccc3)N2c2ccccc2)cc1.Cl. The molecule has 5 nitrogen and oxygen atoms in total. The summed E-state index contributed by atoms with van der Waals surface area (Å²) < 4.78 is 5.25. The Bertz CT molecular complexity index is 869. The van der Waals surface area contributed by atoms with E-state index in [1.807, 2.05) is 77.9 Å². The topological polar surface area (TPSA) is 40.1 Å². The molecular weight excluding hydrogens is 348 g/mol. The summed E-state index contributed by atoms with van der Waals surface area (Å²) in [7, 11) is 1.66. The number of rotatable bonds is 4. The van der Waals surface area contributed by atoms with E-state index in [0.29, 0.717) is 0 Å². The second kappa shape index (κ2) is 7.80. The number of halogens is 1. The van der Waals surface area contributed by atoms with Crippen molar-refractivity contribution in [3.63, 3.8) is 0 Å². The van der Waals surface area contributed by atoms with Crippen molar-refractivity contribution in [2.45, 2.75) is 0 Å². The van der Waals surface area contributed by atoms with Crippen LogP contribution in [0.2, 0.25) is 0 Å². The number of para-hydroxylation sites is 2. The summed E-state index contributed by atoms with van der Waals surface area (Å²) in [6.45, 7) is 0. The monoisotopic (exact) mass is 366 g/mol. The van der Waals surface area contributed by atoms with Gasteiger partial charge in [0.2, 0.25) is 0 Å². The van der Waals surface area contributed by atoms with Crippen molar-refractivity contribution >= 4 is 29.6 Å². The third kappa shape index (κ3) is 3.30. The van der Waals surface area contributed by atoms with Crippen molar-refractivity contribution in [3.05, 3.63) is 90.5 Å². The first-order valence-electron chi connectivity index (χ1n) is 8.05. The van der Waals surface area contributed by atoms with Gasteiger partial charge in [0, 0.05) is 5.56 Å². The van der Waals surface area contributed by atoms with Crippen LogP contribution in [0.25, 0.3) is 0 Å². The van der Waals surface area contributed by atoms with E-state index in [2.05, 4.69) is 27.8 Å². The highest BCUT2D eigenvalue weighted by molar-refractivity contribution is 6.12. The van der Waals surface area contributed by atoms with Gasteiger partial charge in [-0.15, -0.1) is 17.5 Å². The molecule has 0 aromatic heterocycles. The molecule has 0 radical (unpaired) electrons. The second-order valence-electron chi connectivity index (χ2n) is 5.56. The van der Waals surface area contributed by atoms with Crippen molar-refractivity contribution in [3.8, 4) is 5.75 Å². The largest absolute Gasteiger partial charge is 0.497 e. The minimum absolute atomic E-state index is 0. The van der Waals surface area contributed by atoms with Gasteiger partial charge >= 0.3 is 0 Å². The maximum absolute atomic E-state index is 5.25. The Balaban J connectivity index is 0.00000196. The van der Waals surface area contributed by atoms with Crippen LogP contribution in [0.5, 0.6) is 5.75 Å². The highest BCUT2D eigenvalue weighted by atomic mass is 35.5. The zero-order valence-electron chi connectivity index (χ0n) is 14.2. The summed E-state index contributed by atoms with van der Waals surface area (Å²) in [4.78, 5) is 0. The minimum atomic E-state index is 0. The van der Waals surface area contributed by atoms with Crippen LogP contribution >= 0.6 is 12.4 Å². The summed E-state index contributed by atoms with van der Waals surface area (Å²) in [5, 5.41) is 8.53. The number of hydrogen-bond acceptors (Lipinski definition) is 5. The summed E-state index contributed by atoms with van der Waals surface area (Å²) in [6, 6.07) is 28.1. The Kier molecular flexibility index (Phi) is 5.29. The average molecular weight is 367 g/mol. The third-order valence-electron chi connectivity index (χ3n) is 4.00. The second-order valence-corrected chi connectivity index (χ2v) is 5.56. The van der Waals surface area contributed by atoms with Gasteiger partial charge in [-0.05, 0) is 48.5 Å². The van der Waals surface area contributed by atoms with Crippen molar-refractivity contribution in [1.29, 1.82) is 0 Å². The average Bonchev–Trinajstić information content (AvgIpc) is 3.14. The molecule has 0 bridgehead atoms. The van der Waals surface area contributed by atoms with E-state index in [4.69, 9.17) is 4.74 Å². The summed E-state index contributed by atoms with van der Waals surface area (Å²) in [6.07, 6.45) is 0. The zero-order chi connectivity index (χ0) is 17.1. The fourth-order valence-electron chi connectivity index (χ4n) is 2.76. The summed E-state index contributed by atoms with van der Waals surface area (Å²) in [5.41, 5.74) is 6.13. The number of hydrogen-bond donors (Lipinski definition) is 1. The van der Waals surface area contributed by atoms with E-state index in [-0.39, 0.29) is 12.4 Å². The molecule has 4 rings (SSSR count). The number of methoxy groups -OCH3 is 1. The Hall–Kier alpha value is -3.18. The van der Waals surface area contributed by atoms with Gasteiger partial charge in [-0.3, -0.25) is 0 Å². The fourth-order valence-corrected chi connectivity index (χ4v) is 2.76. The predicted octanol–water partition coefficient (Wildman–Crippen LogP) is 4.23. The number of nitrogens with zero attached hydrogens (tertiary/aromatic N) is 3. The first-order valence-corrected chi connectivity index (χ1v) is 8.05. The molecule has 0 unspecified atom stereocenters. The molecular formula is C20H19ClN4O. The molecule has 0 atom stereocenters. The molecule has 1 heterocycles. The van der Waals surface area contributed by atoms with Gasteiger partial charge in [0.15, 0.2) is 5.84 Å². The third-order valence-corrected chi connectivity index (χ3v) is 4.00.